The van der Waals surface area contributed by atoms with Crippen LogP contribution in [0.15, 0.2) is 59.6 Å². The zero-order valence-corrected chi connectivity index (χ0v) is 16.5. The standard InChI is InChI=1S/C22H28N4O2/c1-17(27)26-19-9-6-10-20(15-19)28-14-13-24-21(23-2)25-16-22(11-12-22)18-7-4-3-5-8-18/h3-10,15H,11-14,16H2,1-2H3,(H,26,27)(H2,23,24,25). The van der Waals surface area contributed by atoms with Crippen molar-refractivity contribution in [3.63, 3.8) is 0 Å². The maximum atomic E-state index is 11.1. The van der Waals surface area contributed by atoms with Crippen molar-refractivity contribution in [1.29, 1.82) is 0 Å². The highest BCUT2D eigenvalue weighted by Gasteiger charge is 2.43. The molecule has 0 aromatic heterocycles. The van der Waals surface area contributed by atoms with Crippen LogP contribution in [0.2, 0.25) is 0 Å². The third-order valence-electron chi connectivity index (χ3n) is 4.88. The largest absolute Gasteiger partial charge is 0.492 e. The van der Waals surface area contributed by atoms with E-state index in [1.165, 1.54) is 25.3 Å². The van der Waals surface area contributed by atoms with Gasteiger partial charge in [-0.1, -0.05) is 36.4 Å². The Balaban J connectivity index is 1.41. The maximum absolute atomic E-state index is 11.1. The summed E-state index contributed by atoms with van der Waals surface area (Å²) >= 11 is 0. The summed E-state index contributed by atoms with van der Waals surface area (Å²) < 4.78 is 5.75. The van der Waals surface area contributed by atoms with Gasteiger partial charge >= 0.3 is 0 Å². The van der Waals surface area contributed by atoms with Gasteiger partial charge in [-0.05, 0) is 30.5 Å². The Morgan fingerprint density at radius 1 is 1.11 bits per heavy atom. The number of hydrogen-bond acceptors (Lipinski definition) is 3. The van der Waals surface area contributed by atoms with E-state index in [1.54, 1.807) is 7.05 Å². The van der Waals surface area contributed by atoms with Crippen LogP contribution in [-0.2, 0) is 10.2 Å². The van der Waals surface area contributed by atoms with Gasteiger partial charge in [-0.25, -0.2) is 0 Å². The first-order valence-electron chi connectivity index (χ1n) is 9.62. The van der Waals surface area contributed by atoms with Crippen molar-refractivity contribution in [2.45, 2.75) is 25.2 Å². The quantitative estimate of drug-likeness (QED) is 0.374. The Labute approximate surface area is 166 Å². The van der Waals surface area contributed by atoms with Crippen LogP contribution in [0.1, 0.15) is 25.3 Å². The van der Waals surface area contributed by atoms with E-state index in [2.05, 4.69) is 51.3 Å². The van der Waals surface area contributed by atoms with E-state index in [0.717, 1.165) is 23.9 Å². The Morgan fingerprint density at radius 2 is 1.89 bits per heavy atom. The second kappa shape index (κ2) is 9.26. The summed E-state index contributed by atoms with van der Waals surface area (Å²) in [4.78, 5) is 15.4. The molecule has 3 N–H and O–H groups in total. The van der Waals surface area contributed by atoms with Crippen molar-refractivity contribution in [3.8, 4) is 5.75 Å². The highest BCUT2D eigenvalue weighted by Crippen LogP contribution is 2.47. The molecule has 0 atom stereocenters. The van der Waals surface area contributed by atoms with Crippen LogP contribution >= 0.6 is 0 Å². The van der Waals surface area contributed by atoms with Crippen molar-refractivity contribution in [2.24, 2.45) is 4.99 Å². The van der Waals surface area contributed by atoms with Gasteiger partial charge in [0.1, 0.15) is 12.4 Å². The molecule has 0 saturated heterocycles. The minimum absolute atomic E-state index is 0.0994. The van der Waals surface area contributed by atoms with E-state index in [0.29, 0.717) is 13.2 Å². The third kappa shape index (κ3) is 5.49. The van der Waals surface area contributed by atoms with E-state index < -0.39 is 0 Å². The SMILES string of the molecule is CN=C(NCCOc1cccc(NC(C)=O)c1)NCC1(c2ccccc2)CC1. The van der Waals surface area contributed by atoms with Crippen LogP contribution in [0.5, 0.6) is 5.75 Å². The predicted molar refractivity (Wildman–Crippen MR) is 113 cm³/mol. The normalized spacial score (nSPS) is 14.9. The molecule has 28 heavy (non-hydrogen) atoms. The summed E-state index contributed by atoms with van der Waals surface area (Å²) in [5, 5.41) is 9.47. The number of guanidine groups is 1. The molecule has 1 aliphatic rings. The molecular formula is C22H28N4O2. The molecule has 148 valence electrons. The number of ether oxygens (including phenoxy) is 1. The van der Waals surface area contributed by atoms with Gasteiger partial charge < -0.3 is 20.7 Å². The lowest BCUT2D eigenvalue weighted by atomic mass is 9.96. The Morgan fingerprint density at radius 3 is 2.57 bits per heavy atom. The second-order valence-electron chi connectivity index (χ2n) is 7.06. The van der Waals surface area contributed by atoms with Gasteiger partial charge in [0.25, 0.3) is 0 Å². The number of carbonyl (C=O) groups is 1. The molecule has 1 aliphatic carbocycles. The average Bonchev–Trinajstić information content (AvgIpc) is 3.49. The number of nitrogens with one attached hydrogen (secondary N) is 3. The summed E-state index contributed by atoms with van der Waals surface area (Å²) in [5.74, 6) is 1.40. The highest BCUT2D eigenvalue weighted by molar-refractivity contribution is 5.88. The zero-order chi connectivity index (χ0) is 19.8. The maximum Gasteiger partial charge on any atom is 0.221 e. The Kier molecular flexibility index (Phi) is 6.53. The molecule has 0 unspecified atom stereocenters. The van der Waals surface area contributed by atoms with E-state index in [1.807, 2.05) is 24.3 Å². The van der Waals surface area contributed by atoms with Crippen molar-refractivity contribution >= 4 is 17.6 Å². The Bertz CT molecular complexity index is 816. The molecule has 0 heterocycles. The second-order valence-corrected chi connectivity index (χ2v) is 7.06. The molecule has 0 spiro atoms. The van der Waals surface area contributed by atoms with Crippen LogP contribution in [0, 0.1) is 0 Å². The van der Waals surface area contributed by atoms with E-state index in [4.69, 9.17) is 4.74 Å². The van der Waals surface area contributed by atoms with Crippen molar-refractivity contribution in [1.82, 2.24) is 10.6 Å². The first-order valence-corrected chi connectivity index (χ1v) is 9.62. The van der Waals surface area contributed by atoms with E-state index >= 15 is 0 Å². The van der Waals surface area contributed by atoms with Crippen LogP contribution in [0.3, 0.4) is 0 Å². The van der Waals surface area contributed by atoms with Crippen molar-refractivity contribution < 1.29 is 9.53 Å². The first-order chi connectivity index (χ1) is 13.6. The van der Waals surface area contributed by atoms with Gasteiger partial charge in [-0.2, -0.15) is 0 Å². The lowest BCUT2D eigenvalue weighted by Gasteiger charge is -2.19. The number of amides is 1. The fourth-order valence-electron chi connectivity index (χ4n) is 3.19. The van der Waals surface area contributed by atoms with Crippen LogP contribution < -0.4 is 20.7 Å². The summed E-state index contributed by atoms with van der Waals surface area (Å²) in [6, 6.07) is 18.0. The predicted octanol–water partition coefficient (Wildman–Crippen LogP) is 2.92. The summed E-state index contributed by atoms with van der Waals surface area (Å²) in [6.45, 7) is 3.48. The van der Waals surface area contributed by atoms with Gasteiger partial charge in [0.05, 0.1) is 6.54 Å². The molecule has 1 saturated carbocycles. The number of benzene rings is 2. The number of nitrogens with zero attached hydrogens (tertiary/aromatic N) is 1. The Hall–Kier alpha value is -3.02. The molecule has 3 rings (SSSR count). The molecule has 0 radical (unpaired) electrons. The fourth-order valence-corrected chi connectivity index (χ4v) is 3.19. The molecule has 1 amide bonds. The monoisotopic (exact) mass is 380 g/mol. The summed E-state index contributed by atoms with van der Waals surface area (Å²) in [5.41, 5.74) is 2.35. The van der Waals surface area contributed by atoms with Crippen LogP contribution in [-0.4, -0.2) is 38.6 Å². The van der Waals surface area contributed by atoms with Gasteiger partial charge in [-0.15, -0.1) is 0 Å². The topological polar surface area (TPSA) is 74.8 Å². The number of rotatable bonds is 8. The van der Waals surface area contributed by atoms with Crippen molar-refractivity contribution in [2.75, 3.05) is 32.1 Å². The fraction of sp³-hybridized carbons (Fsp3) is 0.364. The van der Waals surface area contributed by atoms with Crippen LogP contribution in [0.25, 0.3) is 0 Å². The molecule has 0 aliphatic heterocycles. The smallest absolute Gasteiger partial charge is 0.221 e. The molecule has 6 nitrogen and oxygen atoms in total. The van der Waals surface area contributed by atoms with Gasteiger partial charge in [-0.3, -0.25) is 9.79 Å². The van der Waals surface area contributed by atoms with Gasteiger partial charge in [0.2, 0.25) is 5.91 Å². The molecule has 2 aromatic carbocycles. The number of anilines is 1. The van der Waals surface area contributed by atoms with E-state index in [9.17, 15) is 4.79 Å². The average molecular weight is 380 g/mol. The van der Waals surface area contributed by atoms with E-state index in [-0.39, 0.29) is 11.3 Å². The van der Waals surface area contributed by atoms with Gasteiger partial charge in [0, 0.05) is 37.7 Å². The molecule has 0 bridgehead atoms. The minimum Gasteiger partial charge on any atom is -0.492 e. The molecular weight excluding hydrogens is 352 g/mol. The number of hydrogen-bond donors (Lipinski definition) is 3. The lowest BCUT2D eigenvalue weighted by molar-refractivity contribution is -0.114. The third-order valence-corrected chi connectivity index (χ3v) is 4.88. The summed E-state index contributed by atoms with van der Waals surface area (Å²) in [6.07, 6.45) is 2.41. The number of carbonyl (C=O) groups excluding carboxylic acids is 1. The summed E-state index contributed by atoms with van der Waals surface area (Å²) in [7, 11) is 1.77. The van der Waals surface area contributed by atoms with Gasteiger partial charge in [0.15, 0.2) is 5.96 Å². The molecule has 1 fully saturated rings. The number of aliphatic imine (C=N–C) groups is 1. The molecule has 2 aromatic rings. The van der Waals surface area contributed by atoms with Crippen molar-refractivity contribution in [3.05, 3.63) is 60.2 Å². The lowest BCUT2D eigenvalue weighted by Crippen LogP contribution is -2.42. The highest BCUT2D eigenvalue weighted by atomic mass is 16.5. The molecule has 6 heteroatoms. The first kappa shape index (κ1) is 19.7. The minimum atomic E-state index is -0.0994. The zero-order valence-electron chi connectivity index (χ0n) is 16.5. The van der Waals surface area contributed by atoms with Crippen LogP contribution in [0.4, 0.5) is 5.69 Å².